The molecule has 1 rings (SSSR count). The normalized spacial score (nSPS) is 25.7. The van der Waals surface area contributed by atoms with Crippen molar-refractivity contribution in [1.29, 1.82) is 5.26 Å². The van der Waals surface area contributed by atoms with Gasteiger partial charge in [0.25, 0.3) is 0 Å². The minimum atomic E-state index is -0.486. The van der Waals surface area contributed by atoms with Crippen LogP contribution in [0.3, 0.4) is 0 Å². The Kier molecular flexibility index (Phi) is 2.74. The molecule has 1 aliphatic heterocycles. The number of nitriles is 1. The molecule has 13 heavy (non-hydrogen) atoms. The average Bonchev–Trinajstić information content (AvgIpc) is 2.08. The Hall–Kier alpha value is -0.850. The molecule has 0 aliphatic carbocycles. The first-order valence-electron chi connectivity index (χ1n) is 4.33. The molecule has 0 aromatic heterocycles. The minimum Gasteiger partial charge on any atom is -0.350 e. The van der Waals surface area contributed by atoms with E-state index in [1.54, 1.807) is 0 Å². The van der Waals surface area contributed by atoms with Gasteiger partial charge in [-0.25, -0.2) is 0 Å². The van der Waals surface area contributed by atoms with Crippen LogP contribution in [0.2, 0.25) is 0 Å². The number of nitrogens with zero attached hydrogens (tertiary/aromatic N) is 1. The fourth-order valence-corrected chi connectivity index (χ4v) is 1.10. The van der Waals surface area contributed by atoms with Gasteiger partial charge in [0, 0.05) is 11.5 Å². The number of rotatable bonds is 1. The number of hydrogen-bond acceptors (Lipinski definition) is 3. The summed E-state index contributed by atoms with van der Waals surface area (Å²) in [5.74, 6) is -0.486. The molecule has 1 fully saturated rings. The average molecular weight is 181 g/mol. The predicted molar refractivity (Wildman–Crippen MR) is 48.8 cm³/mol. The minimum absolute atomic E-state index is 0.161. The number of hydrogen-bond donors (Lipinski definition) is 0. The summed E-state index contributed by atoms with van der Waals surface area (Å²) < 4.78 is 11.0. The molecule has 0 radical (unpaired) electrons. The van der Waals surface area contributed by atoms with Crippen molar-refractivity contribution in [3.05, 3.63) is 12.2 Å². The van der Waals surface area contributed by atoms with Crippen LogP contribution in [0.4, 0.5) is 0 Å². The van der Waals surface area contributed by atoms with Crippen LogP contribution >= 0.6 is 0 Å². The summed E-state index contributed by atoms with van der Waals surface area (Å²) in [6.07, 6.45) is 3.31. The van der Waals surface area contributed by atoms with Crippen LogP contribution in [0.25, 0.3) is 0 Å². The molecular weight excluding hydrogens is 166 g/mol. The zero-order chi connectivity index (χ0) is 9.95. The van der Waals surface area contributed by atoms with E-state index in [0.717, 1.165) is 0 Å². The maximum absolute atomic E-state index is 8.40. The second-order valence-corrected chi connectivity index (χ2v) is 4.09. The monoisotopic (exact) mass is 181 g/mol. The van der Waals surface area contributed by atoms with Gasteiger partial charge in [-0.3, -0.25) is 0 Å². The van der Waals surface area contributed by atoms with Gasteiger partial charge in [-0.2, -0.15) is 5.26 Å². The molecule has 0 N–H and O–H groups in total. The van der Waals surface area contributed by atoms with Crippen LogP contribution < -0.4 is 0 Å². The van der Waals surface area contributed by atoms with Gasteiger partial charge in [0.15, 0.2) is 5.79 Å². The first-order valence-corrected chi connectivity index (χ1v) is 4.33. The molecule has 0 spiro atoms. The van der Waals surface area contributed by atoms with Gasteiger partial charge in [-0.05, 0) is 13.8 Å². The lowest BCUT2D eigenvalue weighted by atomic mass is 9.91. The lowest BCUT2D eigenvalue weighted by molar-refractivity contribution is -0.273. The summed E-state index contributed by atoms with van der Waals surface area (Å²) in [6, 6.07) is 1.97. The molecule has 3 nitrogen and oxygen atoms in total. The van der Waals surface area contributed by atoms with Gasteiger partial charge in [-0.15, -0.1) is 0 Å². The molecule has 0 unspecified atom stereocenters. The molecule has 1 saturated heterocycles. The van der Waals surface area contributed by atoms with E-state index in [2.05, 4.69) is 0 Å². The molecule has 0 saturated carbocycles. The molecule has 72 valence electrons. The number of allylic oxidation sites excluding steroid dienone is 1. The quantitative estimate of drug-likeness (QED) is 0.580. The SMILES string of the molecule is CC1(/C=C/C#N)COC(C)(C)OC1. The Balaban J connectivity index is 2.57. The molecular formula is C10H15NO2. The van der Waals surface area contributed by atoms with Crippen LogP contribution in [0.5, 0.6) is 0 Å². The van der Waals surface area contributed by atoms with Gasteiger partial charge in [-0.1, -0.05) is 13.0 Å². The first-order chi connectivity index (χ1) is 5.97. The van der Waals surface area contributed by atoms with Crippen LogP contribution in [0, 0.1) is 16.7 Å². The van der Waals surface area contributed by atoms with Gasteiger partial charge in [0.05, 0.1) is 19.3 Å². The van der Waals surface area contributed by atoms with Crippen molar-refractivity contribution in [2.75, 3.05) is 13.2 Å². The van der Waals surface area contributed by atoms with Crippen molar-refractivity contribution in [1.82, 2.24) is 0 Å². The van der Waals surface area contributed by atoms with Crippen molar-refractivity contribution in [3.8, 4) is 6.07 Å². The van der Waals surface area contributed by atoms with Crippen LogP contribution in [-0.4, -0.2) is 19.0 Å². The summed E-state index contributed by atoms with van der Waals surface area (Å²) in [4.78, 5) is 0. The maximum Gasteiger partial charge on any atom is 0.162 e. The third-order valence-corrected chi connectivity index (χ3v) is 2.06. The molecule has 1 aliphatic rings. The van der Waals surface area contributed by atoms with Crippen molar-refractivity contribution >= 4 is 0 Å². The van der Waals surface area contributed by atoms with E-state index >= 15 is 0 Å². The fraction of sp³-hybridized carbons (Fsp3) is 0.700. The van der Waals surface area contributed by atoms with E-state index in [9.17, 15) is 0 Å². The Morgan fingerprint density at radius 1 is 1.23 bits per heavy atom. The number of ether oxygens (including phenoxy) is 2. The largest absolute Gasteiger partial charge is 0.350 e. The molecule has 0 amide bonds. The van der Waals surface area contributed by atoms with E-state index in [4.69, 9.17) is 14.7 Å². The van der Waals surface area contributed by atoms with Gasteiger partial charge < -0.3 is 9.47 Å². The summed E-state index contributed by atoms with van der Waals surface area (Å²) in [7, 11) is 0. The highest BCUT2D eigenvalue weighted by molar-refractivity contribution is 5.09. The molecule has 0 atom stereocenters. The first kappa shape index (κ1) is 10.2. The molecule has 0 bridgehead atoms. The van der Waals surface area contributed by atoms with Crippen molar-refractivity contribution in [3.63, 3.8) is 0 Å². The summed E-state index contributed by atoms with van der Waals surface area (Å²) in [5, 5.41) is 8.40. The highest BCUT2D eigenvalue weighted by Gasteiger charge is 2.34. The standard InChI is InChI=1S/C10H15NO2/c1-9(2)12-7-10(3,8-13-9)5-4-6-11/h4-5H,7-8H2,1-3H3/b5-4+. The lowest BCUT2D eigenvalue weighted by Crippen LogP contribution is -2.44. The van der Waals surface area contributed by atoms with Gasteiger partial charge in [0.2, 0.25) is 0 Å². The molecule has 0 aromatic rings. The topological polar surface area (TPSA) is 42.2 Å². The maximum atomic E-state index is 8.40. The van der Waals surface area contributed by atoms with Crippen molar-refractivity contribution in [2.24, 2.45) is 5.41 Å². The second-order valence-electron chi connectivity index (χ2n) is 4.09. The van der Waals surface area contributed by atoms with Crippen LogP contribution in [-0.2, 0) is 9.47 Å². The van der Waals surface area contributed by atoms with E-state index in [0.29, 0.717) is 13.2 Å². The van der Waals surface area contributed by atoms with E-state index in [-0.39, 0.29) is 5.41 Å². The van der Waals surface area contributed by atoms with E-state index < -0.39 is 5.79 Å². The zero-order valence-corrected chi connectivity index (χ0v) is 8.33. The third-order valence-electron chi connectivity index (χ3n) is 2.06. The third kappa shape index (κ3) is 2.83. The van der Waals surface area contributed by atoms with Crippen LogP contribution in [0.15, 0.2) is 12.2 Å². The van der Waals surface area contributed by atoms with Gasteiger partial charge >= 0.3 is 0 Å². The van der Waals surface area contributed by atoms with Crippen molar-refractivity contribution < 1.29 is 9.47 Å². The summed E-state index contributed by atoms with van der Waals surface area (Å²) >= 11 is 0. The second kappa shape index (κ2) is 3.49. The molecule has 1 heterocycles. The lowest BCUT2D eigenvalue weighted by Gasteiger charge is -2.39. The Morgan fingerprint density at radius 2 is 1.77 bits per heavy atom. The van der Waals surface area contributed by atoms with Gasteiger partial charge in [0.1, 0.15) is 0 Å². The Labute approximate surface area is 78.9 Å². The summed E-state index contributed by atoms with van der Waals surface area (Å²) in [5.41, 5.74) is -0.161. The zero-order valence-electron chi connectivity index (χ0n) is 8.33. The molecule has 0 aromatic carbocycles. The Morgan fingerprint density at radius 3 is 2.23 bits per heavy atom. The Bertz CT molecular complexity index is 240. The van der Waals surface area contributed by atoms with E-state index in [1.807, 2.05) is 32.9 Å². The van der Waals surface area contributed by atoms with Crippen molar-refractivity contribution in [2.45, 2.75) is 26.6 Å². The highest BCUT2D eigenvalue weighted by Crippen LogP contribution is 2.30. The predicted octanol–water partition coefficient (Wildman–Crippen LogP) is 1.86. The summed E-state index contributed by atoms with van der Waals surface area (Å²) in [6.45, 7) is 6.98. The molecule has 3 heteroatoms. The van der Waals surface area contributed by atoms with Crippen LogP contribution in [0.1, 0.15) is 20.8 Å². The smallest absolute Gasteiger partial charge is 0.162 e. The van der Waals surface area contributed by atoms with E-state index in [1.165, 1.54) is 6.08 Å². The fourth-order valence-electron chi connectivity index (χ4n) is 1.10. The highest BCUT2D eigenvalue weighted by atomic mass is 16.7.